The summed E-state index contributed by atoms with van der Waals surface area (Å²) < 4.78 is 8.11. The van der Waals surface area contributed by atoms with Crippen LogP contribution in [0.4, 0.5) is 5.95 Å². The highest BCUT2D eigenvalue weighted by Gasteiger charge is 2.09. The van der Waals surface area contributed by atoms with Crippen LogP contribution in [0.2, 0.25) is 0 Å². The van der Waals surface area contributed by atoms with Crippen molar-refractivity contribution in [2.24, 2.45) is 0 Å². The van der Waals surface area contributed by atoms with Crippen molar-refractivity contribution in [1.29, 1.82) is 0 Å². The van der Waals surface area contributed by atoms with Gasteiger partial charge in [-0.1, -0.05) is 24.3 Å². The van der Waals surface area contributed by atoms with Gasteiger partial charge < -0.3 is 19.7 Å². The van der Waals surface area contributed by atoms with Gasteiger partial charge in [-0.2, -0.15) is 0 Å². The summed E-state index contributed by atoms with van der Waals surface area (Å²) >= 11 is 0. The molecule has 132 valence electrons. The fraction of sp³-hybridized carbons (Fsp3) is 0.350. The Kier molecular flexibility index (Phi) is 5.56. The van der Waals surface area contributed by atoms with Crippen molar-refractivity contribution in [1.82, 2.24) is 9.55 Å². The molecule has 0 spiro atoms. The monoisotopic (exact) mass is 339 g/mol. The molecule has 0 aliphatic carbocycles. The van der Waals surface area contributed by atoms with Crippen LogP contribution in [0.1, 0.15) is 17.5 Å². The number of nitrogens with zero attached hydrogens (tertiary/aromatic N) is 2. The second-order valence-corrected chi connectivity index (χ2v) is 6.20. The highest BCUT2D eigenvalue weighted by Crippen LogP contribution is 2.21. The van der Waals surface area contributed by atoms with Crippen molar-refractivity contribution in [3.8, 4) is 5.75 Å². The van der Waals surface area contributed by atoms with Gasteiger partial charge in [-0.3, -0.25) is 0 Å². The Morgan fingerprint density at radius 2 is 2.00 bits per heavy atom. The number of anilines is 1. The van der Waals surface area contributed by atoms with Gasteiger partial charge >= 0.3 is 0 Å². The third kappa shape index (κ3) is 4.12. The maximum atomic E-state index is 9.06. The average molecular weight is 339 g/mol. The first kappa shape index (κ1) is 17.3. The quantitative estimate of drug-likeness (QED) is 0.617. The van der Waals surface area contributed by atoms with Crippen molar-refractivity contribution in [2.45, 2.75) is 26.8 Å². The number of para-hydroxylation sites is 2. The Morgan fingerprint density at radius 3 is 2.84 bits per heavy atom. The first-order valence-electron chi connectivity index (χ1n) is 8.69. The molecule has 0 saturated carbocycles. The minimum absolute atomic E-state index is 0.0823. The molecule has 2 aromatic carbocycles. The lowest BCUT2D eigenvalue weighted by Crippen LogP contribution is -2.12. The zero-order chi connectivity index (χ0) is 17.6. The zero-order valence-electron chi connectivity index (χ0n) is 14.8. The van der Waals surface area contributed by atoms with Gasteiger partial charge in [-0.15, -0.1) is 0 Å². The van der Waals surface area contributed by atoms with Gasteiger partial charge in [0.05, 0.1) is 24.2 Å². The fourth-order valence-electron chi connectivity index (χ4n) is 2.87. The maximum absolute atomic E-state index is 9.06. The van der Waals surface area contributed by atoms with Gasteiger partial charge in [0.25, 0.3) is 0 Å². The van der Waals surface area contributed by atoms with Crippen molar-refractivity contribution in [3.05, 3.63) is 53.6 Å². The molecule has 3 rings (SSSR count). The number of aryl methyl sites for hydroxylation is 3. The van der Waals surface area contributed by atoms with Crippen LogP contribution in [0, 0.1) is 13.8 Å². The normalized spacial score (nSPS) is 11.0. The Bertz CT molecular complexity index is 842. The van der Waals surface area contributed by atoms with E-state index >= 15 is 0 Å². The number of fused-ring (bicyclic) bond motifs is 1. The molecule has 5 nitrogen and oxygen atoms in total. The molecule has 3 aromatic rings. The highest BCUT2D eigenvalue weighted by atomic mass is 16.5. The molecule has 0 aliphatic rings. The van der Waals surface area contributed by atoms with E-state index in [0.717, 1.165) is 41.3 Å². The minimum atomic E-state index is 0.0823. The van der Waals surface area contributed by atoms with Crippen LogP contribution < -0.4 is 10.1 Å². The molecule has 0 atom stereocenters. The number of aliphatic hydroxyl groups excluding tert-OH is 1. The zero-order valence-corrected chi connectivity index (χ0v) is 14.8. The summed E-state index contributed by atoms with van der Waals surface area (Å²) in [5.74, 6) is 1.75. The molecular weight excluding hydrogens is 314 g/mol. The Balaban J connectivity index is 1.67. The Morgan fingerprint density at radius 1 is 1.16 bits per heavy atom. The van der Waals surface area contributed by atoms with E-state index in [2.05, 4.69) is 53.0 Å². The molecule has 0 radical (unpaired) electrons. The average Bonchev–Trinajstić information content (AvgIpc) is 2.97. The first-order valence-corrected chi connectivity index (χ1v) is 8.69. The number of hydrogen-bond acceptors (Lipinski definition) is 4. The van der Waals surface area contributed by atoms with E-state index < -0.39 is 0 Å². The number of aromatic nitrogens is 2. The van der Waals surface area contributed by atoms with Crippen LogP contribution in [0.5, 0.6) is 5.75 Å². The maximum Gasteiger partial charge on any atom is 0.203 e. The van der Waals surface area contributed by atoms with Crippen LogP contribution in [0.3, 0.4) is 0 Å². The summed E-state index contributed by atoms with van der Waals surface area (Å²) in [5, 5.41) is 12.3. The third-order valence-corrected chi connectivity index (χ3v) is 4.18. The molecule has 0 fully saturated rings. The number of hydrogen-bond donors (Lipinski definition) is 2. The summed E-state index contributed by atoms with van der Waals surface area (Å²) in [5.41, 5.74) is 4.41. The van der Waals surface area contributed by atoms with Crippen molar-refractivity contribution in [3.63, 3.8) is 0 Å². The lowest BCUT2D eigenvalue weighted by molar-refractivity contribution is 0.300. The van der Waals surface area contributed by atoms with E-state index in [0.29, 0.717) is 13.2 Å². The van der Waals surface area contributed by atoms with Crippen LogP contribution >= 0.6 is 0 Å². The molecule has 0 aliphatic heterocycles. The van der Waals surface area contributed by atoms with Crippen molar-refractivity contribution >= 4 is 17.0 Å². The summed E-state index contributed by atoms with van der Waals surface area (Å²) in [6.07, 6.45) is 0.877. The molecule has 0 bridgehead atoms. The lowest BCUT2D eigenvalue weighted by atomic mass is 10.1. The SMILES string of the molecule is Cc1ccc(C)c(OCCCn2c(NCCO)nc3ccccc32)c1. The lowest BCUT2D eigenvalue weighted by Gasteiger charge is -2.12. The third-order valence-electron chi connectivity index (χ3n) is 4.18. The molecular formula is C20H25N3O2. The van der Waals surface area contributed by atoms with Crippen molar-refractivity contribution < 1.29 is 9.84 Å². The Hall–Kier alpha value is -2.53. The fourth-order valence-corrected chi connectivity index (χ4v) is 2.87. The molecule has 1 heterocycles. The number of benzene rings is 2. The number of imidazole rings is 1. The van der Waals surface area contributed by atoms with Gasteiger partial charge in [-0.05, 0) is 49.6 Å². The number of ether oxygens (including phenoxy) is 1. The predicted octanol–water partition coefficient (Wildman–Crippen LogP) is 3.53. The van der Waals surface area contributed by atoms with Crippen LogP contribution in [-0.2, 0) is 6.54 Å². The van der Waals surface area contributed by atoms with Gasteiger partial charge in [0.1, 0.15) is 5.75 Å². The molecule has 0 amide bonds. The Labute approximate surface area is 148 Å². The summed E-state index contributed by atoms with van der Waals surface area (Å²) in [6, 6.07) is 14.3. The number of aliphatic hydroxyl groups is 1. The topological polar surface area (TPSA) is 59.3 Å². The summed E-state index contributed by atoms with van der Waals surface area (Å²) in [7, 11) is 0. The largest absolute Gasteiger partial charge is 0.493 e. The van der Waals surface area contributed by atoms with E-state index in [9.17, 15) is 0 Å². The molecule has 2 N–H and O–H groups in total. The summed E-state index contributed by atoms with van der Waals surface area (Å²) in [4.78, 5) is 4.61. The van der Waals surface area contributed by atoms with E-state index in [4.69, 9.17) is 9.84 Å². The van der Waals surface area contributed by atoms with Gasteiger partial charge in [0.2, 0.25) is 5.95 Å². The molecule has 5 heteroatoms. The second kappa shape index (κ2) is 8.03. The second-order valence-electron chi connectivity index (χ2n) is 6.20. The molecule has 1 aromatic heterocycles. The number of nitrogens with one attached hydrogen (secondary N) is 1. The van der Waals surface area contributed by atoms with Gasteiger partial charge in [-0.25, -0.2) is 4.98 Å². The van der Waals surface area contributed by atoms with E-state index in [1.165, 1.54) is 5.56 Å². The van der Waals surface area contributed by atoms with Crippen LogP contribution in [0.25, 0.3) is 11.0 Å². The highest BCUT2D eigenvalue weighted by molar-refractivity contribution is 5.78. The minimum Gasteiger partial charge on any atom is -0.493 e. The molecule has 0 saturated heterocycles. The van der Waals surface area contributed by atoms with E-state index in [-0.39, 0.29) is 6.61 Å². The van der Waals surface area contributed by atoms with Gasteiger partial charge in [0, 0.05) is 13.1 Å². The first-order chi connectivity index (χ1) is 12.2. The molecule has 0 unspecified atom stereocenters. The van der Waals surface area contributed by atoms with Crippen LogP contribution in [0.15, 0.2) is 42.5 Å². The number of rotatable bonds is 8. The molecule has 25 heavy (non-hydrogen) atoms. The predicted molar refractivity (Wildman–Crippen MR) is 101 cm³/mol. The van der Waals surface area contributed by atoms with Gasteiger partial charge in [0.15, 0.2) is 0 Å². The van der Waals surface area contributed by atoms with E-state index in [1.807, 2.05) is 18.2 Å². The van der Waals surface area contributed by atoms with Crippen LogP contribution in [-0.4, -0.2) is 34.4 Å². The smallest absolute Gasteiger partial charge is 0.203 e. The summed E-state index contributed by atoms with van der Waals surface area (Å²) in [6.45, 7) is 6.16. The van der Waals surface area contributed by atoms with Crippen molar-refractivity contribution in [2.75, 3.05) is 25.1 Å². The standard InChI is InChI=1S/C20H25N3O2/c1-15-8-9-16(2)19(14-15)25-13-5-11-23-18-7-4-3-6-17(18)22-20(23)21-10-12-24/h3-4,6-9,14,24H,5,10-13H2,1-2H3,(H,21,22). The van der Waals surface area contributed by atoms with E-state index in [1.54, 1.807) is 0 Å².